The van der Waals surface area contributed by atoms with Crippen LogP contribution in [0.5, 0.6) is 0 Å². The van der Waals surface area contributed by atoms with Gasteiger partial charge in [0.25, 0.3) is 0 Å². The summed E-state index contributed by atoms with van der Waals surface area (Å²) in [6.07, 6.45) is 5.40. The number of carboxylic acid groups (broad SMARTS) is 1. The summed E-state index contributed by atoms with van der Waals surface area (Å²) in [5.41, 5.74) is 1.47. The molecule has 0 saturated heterocycles. The number of rotatable bonds is 5. The third-order valence-corrected chi connectivity index (χ3v) is 3.54. The van der Waals surface area contributed by atoms with Gasteiger partial charge >= 0.3 is 5.97 Å². The number of carbonyl (C=O) groups excluding carboxylic acids is 1. The van der Waals surface area contributed by atoms with E-state index >= 15 is 0 Å². The van der Waals surface area contributed by atoms with E-state index < -0.39 is 5.97 Å². The van der Waals surface area contributed by atoms with Crippen LogP contribution < -0.4 is 5.32 Å². The standard InChI is InChI=1S/C15H19NO3/c17-14(9-11-3-1-2-4-11)16-13-7-5-12(6-8-13)10-15(18)19/h5-8,11H,1-4,9-10H2,(H,16,17)(H,18,19). The fraction of sp³-hybridized carbons (Fsp3) is 0.467. The van der Waals surface area contributed by atoms with Crippen molar-refractivity contribution < 1.29 is 14.7 Å². The lowest BCUT2D eigenvalue weighted by molar-refractivity contribution is -0.136. The minimum Gasteiger partial charge on any atom is -0.481 e. The zero-order chi connectivity index (χ0) is 13.7. The van der Waals surface area contributed by atoms with Gasteiger partial charge in [0.2, 0.25) is 5.91 Å². The van der Waals surface area contributed by atoms with Crippen LogP contribution in [-0.4, -0.2) is 17.0 Å². The first kappa shape index (κ1) is 13.6. The first-order valence-corrected chi connectivity index (χ1v) is 6.74. The summed E-state index contributed by atoms with van der Waals surface area (Å²) in [7, 11) is 0. The zero-order valence-corrected chi connectivity index (χ0v) is 10.9. The summed E-state index contributed by atoms with van der Waals surface area (Å²) in [5.74, 6) is -0.262. The number of anilines is 1. The van der Waals surface area contributed by atoms with E-state index in [9.17, 15) is 9.59 Å². The Morgan fingerprint density at radius 2 is 1.79 bits per heavy atom. The Hall–Kier alpha value is -1.84. The van der Waals surface area contributed by atoms with E-state index in [1.54, 1.807) is 24.3 Å². The highest BCUT2D eigenvalue weighted by Gasteiger charge is 2.18. The van der Waals surface area contributed by atoms with Crippen LogP contribution in [0.3, 0.4) is 0 Å². The number of nitrogens with one attached hydrogen (secondary N) is 1. The maximum absolute atomic E-state index is 11.8. The van der Waals surface area contributed by atoms with E-state index in [0.29, 0.717) is 12.3 Å². The largest absolute Gasteiger partial charge is 0.481 e. The van der Waals surface area contributed by atoms with Crippen molar-refractivity contribution in [3.05, 3.63) is 29.8 Å². The van der Waals surface area contributed by atoms with Crippen molar-refractivity contribution >= 4 is 17.6 Å². The molecule has 1 aliphatic rings. The molecule has 1 amide bonds. The van der Waals surface area contributed by atoms with Crippen LogP contribution in [0.15, 0.2) is 24.3 Å². The van der Waals surface area contributed by atoms with E-state index in [4.69, 9.17) is 5.11 Å². The molecular weight excluding hydrogens is 242 g/mol. The molecule has 0 aliphatic heterocycles. The average molecular weight is 261 g/mol. The molecule has 1 aromatic carbocycles. The van der Waals surface area contributed by atoms with Gasteiger partial charge in [0, 0.05) is 12.1 Å². The Balaban J connectivity index is 1.84. The van der Waals surface area contributed by atoms with Crippen molar-refractivity contribution in [1.29, 1.82) is 0 Å². The van der Waals surface area contributed by atoms with Crippen LogP contribution in [0.1, 0.15) is 37.7 Å². The summed E-state index contributed by atoms with van der Waals surface area (Å²) in [5, 5.41) is 11.5. The third-order valence-electron chi connectivity index (χ3n) is 3.54. The van der Waals surface area contributed by atoms with Gasteiger partial charge in [0.1, 0.15) is 0 Å². The number of carbonyl (C=O) groups is 2. The van der Waals surface area contributed by atoms with E-state index in [0.717, 1.165) is 24.1 Å². The van der Waals surface area contributed by atoms with Gasteiger partial charge in [-0.15, -0.1) is 0 Å². The van der Waals surface area contributed by atoms with Crippen LogP contribution in [0.25, 0.3) is 0 Å². The predicted octanol–water partition coefficient (Wildman–Crippen LogP) is 2.83. The second-order valence-corrected chi connectivity index (χ2v) is 5.17. The second kappa shape index (κ2) is 6.36. The lowest BCUT2D eigenvalue weighted by Gasteiger charge is -2.09. The van der Waals surface area contributed by atoms with Gasteiger partial charge in [-0.2, -0.15) is 0 Å². The van der Waals surface area contributed by atoms with Crippen molar-refractivity contribution in [2.45, 2.75) is 38.5 Å². The van der Waals surface area contributed by atoms with Crippen molar-refractivity contribution in [3.63, 3.8) is 0 Å². The van der Waals surface area contributed by atoms with E-state index in [-0.39, 0.29) is 12.3 Å². The van der Waals surface area contributed by atoms with Gasteiger partial charge in [-0.05, 0) is 36.5 Å². The number of aliphatic carboxylic acids is 1. The molecule has 0 bridgehead atoms. The third kappa shape index (κ3) is 4.39. The van der Waals surface area contributed by atoms with Crippen molar-refractivity contribution in [3.8, 4) is 0 Å². The topological polar surface area (TPSA) is 66.4 Å². The monoisotopic (exact) mass is 261 g/mol. The molecule has 4 nitrogen and oxygen atoms in total. The number of carboxylic acids is 1. The molecule has 1 fully saturated rings. The van der Waals surface area contributed by atoms with Gasteiger partial charge in [-0.25, -0.2) is 0 Å². The fourth-order valence-electron chi connectivity index (χ4n) is 2.57. The van der Waals surface area contributed by atoms with Crippen LogP contribution >= 0.6 is 0 Å². The quantitative estimate of drug-likeness (QED) is 0.856. The van der Waals surface area contributed by atoms with Crippen LogP contribution in [-0.2, 0) is 16.0 Å². The first-order valence-electron chi connectivity index (χ1n) is 6.74. The Kier molecular flexibility index (Phi) is 4.55. The van der Waals surface area contributed by atoms with Gasteiger partial charge < -0.3 is 10.4 Å². The molecule has 1 aliphatic carbocycles. The predicted molar refractivity (Wildman–Crippen MR) is 73.0 cm³/mol. The molecule has 4 heteroatoms. The Morgan fingerprint density at radius 3 is 2.37 bits per heavy atom. The van der Waals surface area contributed by atoms with Gasteiger partial charge in [0.05, 0.1) is 6.42 Å². The van der Waals surface area contributed by atoms with Crippen LogP contribution in [0.2, 0.25) is 0 Å². The molecule has 0 radical (unpaired) electrons. The van der Waals surface area contributed by atoms with Crippen LogP contribution in [0, 0.1) is 5.92 Å². The molecule has 102 valence electrons. The molecule has 2 N–H and O–H groups in total. The Morgan fingerprint density at radius 1 is 1.16 bits per heavy atom. The molecule has 19 heavy (non-hydrogen) atoms. The van der Waals surface area contributed by atoms with Gasteiger partial charge in [0.15, 0.2) is 0 Å². The molecule has 2 rings (SSSR count). The van der Waals surface area contributed by atoms with Gasteiger partial charge in [-0.1, -0.05) is 25.0 Å². The lowest BCUT2D eigenvalue weighted by atomic mass is 10.0. The van der Waals surface area contributed by atoms with Crippen molar-refractivity contribution in [2.24, 2.45) is 5.92 Å². The maximum atomic E-state index is 11.8. The maximum Gasteiger partial charge on any atom is 0.307 e. The summed E-state index contributed by atoms with van der Waals surface area (Å²) < 4.78 is 0. The normalized spacial score (nSPS) is 15.4. The second-order valence-electron chi connectivity index (χ2n) is 5.17. The molecule has 0 atom stereocenters. The van der Waals surface area contributed by atoms with Crippen molar-refractivity contribution in [1.82, 2.24) is 0 Å². The molecule has 1 saturated carbocycles. The van der Waals surface area contributed by atoms with E-state index in [1.165, 1.54) is 12.8 Å². The first-order chi connectivity index (χ1) is 9.13. The summed E-state index contributed by atoms with van der Waals surface area (Å²) >= 11 is 0. The fourth-order valence-corrected chi connectivity index (χ4v) is 2.57. The highest BCUT2D eigenvalue weighted by atomic mass is 16.4. The Labute approximate surface area is 112 Å². The Bertz CT molecular complexity index is 447. The smallest absolute Gasteiger partial charge is 0.307 e. The lowest BCUT2D eigenvalue weighted by Crippen LogP contribution is -2.15. The van der Waals surface area contributed by atoms with Gasteiger partial charge in [-0.3, -0.25) is 9.59 Å². The molecule has 0 heterocycles. The molecule has 0 spiro atoms. The molecular formula is C15H19NO3. The summed E-state index contributed by atoms with van der Waals surface area (Å²) in [4.78, 5) is 22.4. The number of benzene rings is 1. The molecule has 0 unspecified atom stereocenters. The van der Waals surface area contributed by atoms with E-state index in [1.807, 2.05) is 0 Å². The van der Waals surface area contributed by atoms with Crippen LogP contribution in [0.4, 0.5) is 5.69 Å². The zero-order valence-electron chi connectivity index (χ0n) is 10.9. The number of hydrogen-bond donors (Lipinski definition) is 2. The van der Waals surface area contributed by atoms with E-state index in [2.05, 4.69) is 5.32 Å². The highest BCUT2D eigenvalue weighted by Crippen LogP contribution is 2.27. The SMILES string of the molecule is O=C(O)Cc1ccc(NC(=O)CC2CCCC2)cc1. The highest BCUT2D eigenvalue weighted by molar-refractivity contribution is 5.90. The number of hydrogen-bond acceptors (Lipinski definition) is 2. The molecule has 0 aromatic heterocycles. The van der Waals surface area contributed by atoms with Crippen molar-refractivity contribution in [2.75, 3.05) is 5.32 Å². The summed E-state index contributed by atoms with van der Waals surface area (Å²) in [6, 6.07) is 6.98. The minimum absolute atomic E-state index is 0.0102. The summed E-state index contributed by atoms with van der Waals surface area (Å²) in [6.45, 7) is 0. The molecule has 1 aromatic rings. The number of amides is 1. The minimum atomic E-state index is -0.849. The average Bonchev–Trinajstić information content (AvgIpc) is 2.83.